The molecule has 9 heteroatoms. The third-order valence-corrected chi connectivity index (χ3v) is 5.66. The van der Waals surface area contributed by atoms with Gasteiger partial charge in [0.05, 0.1) is 11.9 Å². The van der Waals surface area contributed by atoms with Crippen LogP contribution in [-0.2, 0) is 21.2 Å². The molecule has 0 spiro atoms. The largest absolute Gasteiger partial charge is 0.377 e. The van der Waals surface area contributed by atoms with Crippen LogP contribution in [0.25, 0.3) is 0 Å². The molecular formula is C18H29FN4O3S. The normalized spacial score (nSPS) is 18.3. The van der Waals surface area contributed by atoms with Gasteiger partial charge in [0.15, 0.2) is 5.96 Å². The Morgan fingerprint density at radius 1 is 1.22 bits per heavy atom. The molecule has 0 aliphatic carbocycles. The fourth-order valence-electron chi connectivity index (χ4n) is 2.76. The fraction of sp³-hybridized carbons (Fsp3) is 0.611. The van der Waals surface area contributed by atoms with Crippen molar-refractivity contribution in [1.82, 2.24) is 15.4 Å². The van der Waals surface area contributed by atoms with Crippen molar-refractivity contribution in [3.8, 4) is 0 Å². The number of hydrogen-bond acceptors (Lipinski definition) is 4. The van der Waals surface area contributed by atoms with Gasteiger partial charge in [-0.1, -0.05) is 12.1 Å². The first-order valence-electron chi connectivity index (χ1n) is 9.26. The molecule has 1 aromatic rings. The molecule has 1 heterocycles. The summed E-state index contributed by atoms with van der Waals surface area (Å²) in [5.41, 5.74) is 1.01. The molecule has 0 aromatic heterocycles. The monoisotopic (exact) mass is 400 g/mol. The Labute approximate surface area is 160 Å². The summed E-state index contributed by atoms with van der Waals surface area (Å²) in [6.45, 7) is 1.88. The molecule has 1 unspecified atom stereocenters. The van der Waals surface area contributed by atoms with Gasteiger partial charge in [-0.25, -0.2) is 17.5 Å². The molecule has 27 heavy (non-hydrogen) atoms. The first kappa shape index (κ1) is 21.6. The van der Waals surface area contributed by atoms with E-state index in [1.165, 1.54) is 12.1 Å². The molecule has 7 nitrogen and oxygen atoms in total. The van der Waals surface area contributed by atoms with Crippen LogP contribution in [0.15, 0.2) is 29.3 Å². The number of aliphatic imine (C=N–C) groups is 1. The lowest BCUT2D eigenvalue weighted by molar-refractivity contribution is 0.0200. The molecule has 1 fully saturated rings. The van der Waals surface area contributed by atoms with Crippen molar-refractivity contribution in [2.24, 2.45) is 4.99 Å². The van der Waals surface area contributed by atoms with Gasteiger partial charge in [0.2, 0.25) is 10.0 Å². The number of halogens is 1. The first-order valence-corrected chi connectivity index (χ1v) is 10.9. The van der Waals surface area contributed by atoms with E-state index < -0.39 is 10.0 Å². The maximum absolute atomic E-state index is 12.9. The number of hydrogen-bond donors (Lipinski definition) is 3. The van der Waals surface area contributed by atoms with Crippen LogP contribution in [0.3, 0.4) is 0 Å². The van der Waals surface area contributed by atoms with E-state index in [-0.39, 0.29) is 24.2 Å². The van der Waals surface area contributed by atoms with Crippen molar-refractivity contribution < 1.29 is 17.5 Å². The topological polar surface area (TPSA) is 91.8 Å². The molecule has 2 rings (SSSR count). The Balaban J connectivity index is 1.63. The Bertz CT molecular complexity index is 689. The van der Waals surface area contributed by atoms with Gasteiger partial charge in [0, 0.05) is 33.3 Å². The zero-order valence-corrected chi connectivity index (χ0v) is 16.5. The second-order valence-electron chi connectivity index (χ2n) is 6.46. The SMILES string of the molecule is CN=C(NCCc1ccc(F)cc1)NCCS(=O)(=O)NCC1CCCCO1. The zero-order chi connectivity index (χ0) is 19.5. The highest BCUT2D eigenvalue weighted by Gasteiger charge is 2.17. The molecule has 0 saturated carbocycles. The van der Waals surface area contributed by atoms with E-state index in [9.17, 15) is 12.8 Å². The summed E-state index contributed by atoms with van der Waals surface area (Å²) in [5, 5.41) is 6.10. The Kier molecular flexibility index (Phi) is 8.96. The van der Waals surface area contributed by atoms with Crippen molar-refractivity contribution in [2.45, 2.75) is 31.8 Å². The predicted molar refractivity (Wildman–Crippen MR) is 105 cm³/mol. The Hall–Kier alpha value is -1.71. The molecule has 1 saturated heterocycles. The van der Waals surface area contributed by atoms with E-state index in [0.29, 0.717) is 32.1 Å². The number of ether oxygens (including phenoxy) is 1. The summed E-state index contributed by atoms with van der Waals surface area (Å²) in [7, 11) is -1.74. The molecule has 3 N–H and O–H groups in total. The van der Waals surface area contributed by atoms with Gasteiger partial charge < -0.3 is 15.4 Å². The van der Waals surface area contributed by atoms with Crippen molar-refractivity contribution in [1.29, 1.82) is 0 Å². The summed E-state index contributed by atoms with van der Waals surface area (Å²) in [5.74, 6) is 0.232. The maximum atomic E-state index is 12.9. The molecule has 152 valence electrons. The van der Waals surface area contributed by atoms with E-state index in [1.807, 2.05) is 0 Å². The highest BCUT2D eigenvalue weighted by molar-refractivity contribution is 7.89. The van der Waals surface area contributed by atoms with Crippen LogP contribution >= 0.6 is 0 Å². The predicted octanol–water partition coefficient (Wildman–Crippen LogP) is 1.02. The second kappa shape index (κ2) is 11.2. The zero-order valence-electron chi connectivity index (χ0n) is 15.7. The van der Waals surface area contributed by atoms with Gasteiger partial charge in [-0.2, -0.15) is 0 Å². The third kappa shape index (κ3) is 8.68. The summed E-state index contributed by atoms with van der Waals surface area (Å²) in [6, 6.07) is 6.33. The summed E-state index contributed by atoms with van der Waals surface area (Å²) in [6.07, 6.45) is 3.70. The molecule has 1 aliphatic rings. The van der Waals surface area contributed by atoms with E-state index in [0.717, 1.165) is 24.8 Å². The Morgan fingerprint density at radius 3 is 2.63 bits per heavy atom. The summed E-state index contributed by atoms with van der Waals surface area (Å²) < 4.78 is 45.2. The van der Waals surface area contributed by atoms with Gasteiger partial charge in [-0.05, 0) is 43.4 Å². The number of sulfonamides is 1. The lowest BCUT2D eigenvalue weighted by Gasteiger charge is -2.22. The lowest BCUT2D eigenvalue weighted by Crippen LogP contribution is -2.43. The average molecular weight is 401 g/mol. The smallest absolute Gasteiger partial charge is 0.213 e. The summed E-state index contributed by atoms with van der Waals surface area (Å²) in [4.78, 5) is 4.07. The number of nitrogens with one attached hydrogen (secondary N) is 3. The molecule has 0 bridgehead atoms. The number of rotatable bonds is 9. The average Bonchev–Trinajstić information content (AvgIpc) is 2.67. The van der Waals surface area contributed by atoms with E-state index in [1.54, 1.807) is 19.2 Å². The van der Waals surface area contributed by atoms with Crippen LogP contribution in [0.5, 0.6) is 0 Å². The van der Waals surface area contributed by atoms with Crippen molar-refractivity contribution in [3.63, 3.8) is 0 Å². The van der Waals surface area contributed by atoms with Crippen LogP contribution in [0, 0.1) is 5.82 Å². The van der Waals surface area contributed by atoms with Gasteiger partial charge in [0.1, 0.15) is 5.82 Å². The quantitative estimate of drug-likeness (QED) is 0.425. The highest BCUT2D eigenvalue weighted by Crippen LogP contribution is 2.11. The minimum Gasteiger partial charge on any atom is -0.377 e. The van der Waals surface area contributed by atoms with Crippen LogP contribution in [0.4, 0.5) is 4.39 Å². The van der Waals surface area contributed by atoms with Gasteiger partial charge in [-0.3, -0.25) is 4.99 Å². The molecule has 1 aromatic carbocycles. The van der Waals surface area contributed by atoms with Gasteiger partial charge >= 0.3 is 0 Å². The summed E-state index contributed by atoms with van der Waals surface area (Å²) >= 11 is 0. The number of benzene rings is 1. The van der Waals surface area contributed by atoms with Crippen molar-refractivity contribution in [2.75, 3.05) is 39.0 Å². The molecule has 1 aliphatic heterocycles. The Morgan fingerprint density at radius 2 is 1.96 bits per heavy atom. The molecule has 0 amide bonds. The minimum absolute atomic E-state index is 0.0256. The van der Waals surface area contributed by atoms with Gasteiger partial charge in [0.25, 0.3) is 0 Å². The lowest BCUT2D eigenvalue weighted by atomic mass is 10.1. The fourth-order valence-corrected chi connectivity index (χ4v) is 3.72. The van der Waals surface area contributed by atoms with Gasteiger partial charge in [-0.15, -0.1) is 0 Å². The number of nitrogens with zero attached hydrogens (tertiary/aromatic N) is 1. The van der Waals surface area contributed by atoms with Crippen LogP contribution < -0.4 is 15.4 Å². The molecular weight excluding hydrogens is 371 g/mol. The highest BCUT2D eigenvalue weighted by atomic mass is 32.2. The van der Waals surface area contributed by atoms with Crippen LogP contribution in [-0.4, -0.2) is 59.5 Å². The maximum Gasteiger partial charge on any atom is 0.213 e. The van der Waals surface area contributed by atoms with Crippen LogP contribution in [0.1, 0.15) is 24.8 Å². The van der Waals surface area contributed by atoms with E-state index in [2.05, 4.69) is 20.3 Å². The molecule has 0 radical (unpaired) electrons. The third-order valence-electron chi connectivity index (χ3n) is 4.31. The standard InChI is InChI=1S/C18H29FN4O3S/c1-20-18(21-10-9-15-5-7-16(19)8-6-15)22-11-13-27(24,25)23-14-17-4-2-3-12-26-17/h5-8,17,23H,2-4,9-14H2,1H3,(H2,20,21,22). The van der Waals surface area contributed by atoms with E-state index >= 15 is 0 Å². The van der Waals surface area contributed by atoms with E-state index in [4.69, 9.17) is 4.74 Å². The van der Waals surface area contributed by atoms with Crippen LogP contribution in [0.2, 0.25) is 0 Å². The number of guanidine groups is 1. The second-order valence-corrected chi connectivity index (χ2v) is 8.38. The van der Waals surface area contributed by atoms with Crippen molar-refractivity contribution >= 4 is 16.0 Å². The first-order chi connectivity index (χ1) is 13.0. The van der Waals surface area contributed by atoms with Crippen molar-refractivity contribution in [3.05, 3.63) is 35.6 Å². The minimum atomic E-state index is -3.36. The molecule has 1 atom stereocenters.